The molecule has 2 rings (SSSR count). The number of carboxylic acid groups (broad SMARTS) is 1. The van der Waals surface area contributed by atoms with Crippen LogP contribution in [0.3, 0.4) is 0 Å². The first kappa shape index (κ1) is 19.2. The fraction of sp³-hybridized carbons (Fsp3) is 0.632. The minimum absolute atomic E-state index is 0.0589. The molecule has 1 heterocycles. The summed E-state index contributed by atoms with van der Waals surface area (Å²) in [5.41, 5.74) is 1.84. The molecule has 1 aliphatic carbocycles. The Morgan fingerprint density at radius 2 is 1.96 bits per heavy atom. The topological polar surface area (TPSA) is 88.4 Å². The normalized spacial score (nSPS) is 14.9. The van der Waals surface area contributed by atoms with Crippen LogP contribution in [-0.2, 0) is 24.2 Å². The third-order valence-electron chi connectivity index (χ3n) is 4.80. The van der Waals surface area contributed by atoms with Crippen LogP contribution in [0.5, 0.6) is 0 Å². The zero-order valence-corrected chi connectivity index (χ0v) is 15.3. The Balaban J connectivity index is 2.41. The molecular weight excluding hydrogens is 320 g/mol. The molecule has 0 aromatic carbocycles. The number of nitrogens with zero attached hydrogens (tertiary/aromatic N) is 1. The van der Waals surface area contributed by atoms with Crippen molar-refractivity contribution >= 4 is 11.9 Å². The third kappa shape index (κ3) is 4.30. The van der Waals surface area contributed by atoms with Gasteiger partial charge in [-0.05, 0) is 49.7 Å². The van der Waals surface area contributed by atoms with Crippen LogP contribution in [0.2, 0.25) is 0 Å². The van der Waals surface area contributed by atoms with Crippen molar-refractivity contribution in [1.29, 1.82) is 0 Å². The smallest absolute Gasteiger partial charge is 0.326 e. The fourth-order valence-electron chi connectivity index (χ4n) is 3.33. The van der Waals surface area contributed by atoms with Gasteiger partial charge in [0.2, 0.25) is 0 Å². The second-order valence-corrected chi connectivity index (χ2v) is 7.08. The monoisotopic (exact) mass is 348 g/mol. The van der Waals surface area contributed by atoms with Gasteiger partial charge in [-0.3, -0.25) is 9.59 Å². The number of amides is 1. The van der Waals surface area contributed by atoms with Crippen LogP contribution in [0.25, 0.3) is 0 Å². The lowest BCUT2D eigenvalue weighted by Crippen LogP contribution is -2.46. The summed E-state index contributed by atoms with van der Waals surface area (Å²) in [6.07, 6.45) is 5.66. The number of nitrogens with one attached hydrogen (secondary N) is 1. The van der Waals surface area contributed by atoms with Gasteiger partial charge in [0.15, 0.2) is 0 Å². The molecule has 0 fully saturated rings. The van der Waals surface area contributed by atoms with Crippen LogP contribution in [0.15, 0.2) is 10.9 Å². The number of rotatable bonds is 7. The number of carboxylic acids is 1. The van der Waals surface area contributed by atoms with Gasteiger partial charge in [-0.25, -0.2) is 4.79 Å². The van der Waals surface area contributed by atoms with Crippen LogP contribution >= 0.6 is 0 Å². The van der Waals surface area contributed by atoms with Crippen molar-refractivity contribution in [3.8, 4) is 0 Å². The molecule has 2 N–H and O–H groups in total. The quantitative estimate of drug-likeness (QED) is 0.792. The zero-order valence-electron chi connectivity index (χ0n) is 15.3. The molecule has 1 amide bonds. The molecule has 0 saturated heterocycles. The highest BCUT2D eigenvalue weighted by Crippen LogP contribution is 2.21. The van der Waals surface area contributed by atoms with Crippen LogP contribution in [-0.4, -0.2) is 27.6 Å². The van der Waals surface area contributed by atoms with Crippen molar-refractivity contribution in [3.63, 3.8) is 0 Å². The van der Waals surface area contributed by atoms with E-state index >= 15 is 0 Å². The maximum Gasteiger partial charge on any atom is 0.326 e. The van der Waals surface area contributed by atoms with Gasteiger partial charge in [0.05, 0.1) is 0 Å². The Bertz CT molecular complexity index is 706. The highest BCUT2D eigenvalue weighted by Gasteiger charge is 2.27. The highest BCUT2D eigenvalue weighted by atomic mass is 16.4. The molecule has 1 atom stereocenters. The van der Waals surface area contributed by atoms with E-state index in [0.29, 0.717) is 6.54 Å². The summed E-state index contributed by atoms with van der Waals surface area (Å²) in [6.45, 7) is 6.12. The minimum atomic E-state index is -1.09. The second-order valence-electron chi connectivity index (χ2n) is 7.08. The van der Waals surface area contributed by atoms with E-state index in [0.717, 1.165) is 49.8 Å². The minimum Gasteiger partial charge on any atom is -0.480 e. The average Bonchev–Trinajstić information content (AvgIpc) is 2.57. The number of pyridine rings is 1. The molecule has 1 aromatic heterocycles. The number of carbonyl (C=O) groups is 2. The summed E-state index contributed by atoms with van der Waals surface area (Å²) >= 11 is 0. The van der Waals surface area contributed by atoms with Gasteiger partial charge in [0.25, 0.3) is 11.5 Å². The Morgan fingerprint density at radius 1 is 1.28 bits per heavy atom. The summed E-state index contributed by atoms with van der Waals surface area (Å²) in [6, 6.07) is 0.667. The number of hydrogen-bond donors (Lipinski definition) is 2. The predicted octanol–water partition coefficient (Wildman–Crippen LogP) is 2.37. The van der Waals surface area contributed by atoms with Gasteiger partial charge < -0.3 is 15.0 Å². The van der Waals surface area contributed by atoms with Gasteiger partial charge in [-0.1, -0.05) is 27.2 Å². The maximum atomic E-state index is 12.9. The van der Waals surface area contributed by atoms with Crippen molar-refractivity contribution in [2.24, 2.45) is 5.92 Å². The van der Waals surface area contributed by atoms with E-state index in [1.165, 1.54) is 0 Å². The lowest BCUT2D eigenvalue weighted by Gasteiger charge is -2.23. The molecular formula is C19H28N2O4. The SMILES string of the molecule is CCCCn1c2c(cc(C(=O)N[C@@H](C(=O)O)C(C)C)c1=O)CCCC2. The molecule has 6 nitrogen and oxygen atoms in total. The molecule has 0 aliphatic heterocycles. The molecule has 138 valence electrons. The average molecular weight is 348 g/mol. The first-order valence-corrected chi connectivity index (χ1v) is 9.16. The first-order chi connectivity index (χ1) is 11.9. The summed E-state index contributed by atoms with van der Waals surface area (Å²) in [4.78, 5) is 36.8. The van der Waals surface area contributed by atoms with Gasteiger partial charge in [0.1, 0.15) is 11.6 Å². The van der Waals surface area contributed by atoms with E-state index in [1.54, 1.807) is 24.5 Å². The van der Waals surface area contributed by atoms with E-state index in [1.807, 2.05) is 0 Å². The van der Waals surface area contributed by atoms with Crippen molar-refractivity contribution in [1.82, 2.24) is 9.88 Å². The van der Waals surface area contributed by atoms with Crippen molar-refractivity contribution < 1.29 is 14.7 Å². The third-order valence-corrected chi connectivity index (χ3v) is 4.80. The molecule has 1 aliphatic rings. The van der Waals surface area contributed by atoms with E-state index in [9.17, 15) is 19.5 Å². The van der Waals surface area contributed by atoms with E-state index in [4.69, 9.17) is 0 Å². The Morgan fingerprint density at radius 3 is 2.56 bits per heavy atom. The van der Waals surface area contributed by atoms with Crippen LogP contribution in [0, 0.1) is 5.92 Å². The van der Waals surface area contributed by atoms with Crippen molar-refractivity contribution in [3.05, 3.63) is 33.2 Å². The standard InChI is InChI=1S/C19H28N2O4/c1-4-5-10-21-15-9-7-6-8-13(15)11-14(18(21)23)17(22)20-16(12(2)3)19(24)25/h11-12,16H,4-10H2,1-3H3,(H,20,22)(H,24,25)/t16-/m1/s1. The van der Waals surface area contributed by atoms with E-state index in [2.05, 4.69) is 12.2 Å². The molecule has 6 heteroatoms. The van der Waals surface area contributed by atoms with Gasteiger partial charge in [0, 0.05) is 12.2 Å². The van der Waals surface area contributed by atoms with E-state index in [-0.39, 0.29) is 17.0 Å². The second kappa shape index (κ2) is 8.32. The summed E-state index contributed by atoms with van der Waals surface area (Å²) in [5, 5.41) is 11.8. The predicted molar refractivity (Wildman–Crippen MR) is 96.0 cm³/mol. The van der Waals surface area contributed by atoms with Crippen molar-refractivity contribution in [2.75, 3.05) is 0 Å². The van der Waals surface area contributed by atoms with Crippen LogP contribution in [0.4, 0.5) is 0 Å². The molecule has 0 spiro atoms. The van der Waals surface area contributed by atoms with Gasteiger partial charge in [-0.15, -0.1) is 0 Å². The first-order valence-electron chi connectivity index (χ1n) is 9.16. The Kier molecular flexibility index (Phi) is 6.39. The number of hydrogen-bond acceptors (Lipinski definition) is 3. The number of carbonyl (C=O) groups excluding carboxylic acids is 1. The van der Waals surface area contributed by atoms with Gasteiger partial charge >= 0.3 is 5.97 Å². The Labute approximate surface area is 148 Å². The fourth-order valence-corrected chi connectivity index (χ4v) is 3.33. The summed E-state index contributed by atoms with van der Waals surface area (Å²) in [7, 11) is 0. The van der Waals surface area contributed by atoms with E-state index < -0.39 is 17.9 Å². The maximum absolute atomic E-state index is 12.9. The van der Waals surface area contributed by atoms with Crippen LogP contribution in [0.1, 0.15) is 68.1 Å². The summed E-state index contributed by atoms with van der Waals surface area (Å²) in [5.74, 6) is -1.95. The number of unbranched alkanes of at least 4 members (excludes halogenated alkanes) is 1. The number of aryl methyl sites for hydroxylation is 1. The zero-order chi connectivity index (χ0) is 18.6. The van der Waals surface area contributed by atoms with Crippen LogP contribution < -0.4 is 10.9 Å². The number of fused-ring (bicyclic) bond motifs is 1. The Hall–Kier alpha value is -2.11. The van der Waals surface area contributed by atoms with Gasteiger partial charge in [-0.2, -0.15) is 0 Å². The molecule has 25 heavy (non-hydrogen) atoms. The molecule has 1 aromatic rings. The molecule has 0 saturated carbocycles. The van der Waals surface area contributed by atoms with Crippen molar-refractivity contribution in [2.45, 2.75) is 71.9 Å². The summed E-state index contributed by atoms with van der Waals surface area (Å²) < 4.78 is 1.73. The lowest BCUT2D eigenvalue weighted by atomic mass is 9.94. The highest BCUT2D eigenvalue weighted by molar-refractivity contribution is 5.96. The molecule has 0 bridgehead atoms. The molecule has 0 radical (unpaired) electrons. The molecule has 0 unspecified atom stereocenters. The largest absolute Gasteiger partial charge is 0.480 e. The number of aromatic nitrogens is 1. The lowest BCUT2D eigenvalue weighted by molar-refractivity contribution is -0.140. The number of aliphatic carboxylic acids is 1.